The van der Waals surface area contributed by atoms with E-state index in [9.17, 15) is 4.79 Å². The highest BCUT2D eigenvalue weighted by Crippen LogP contribution is 2.45. The van der Waals surface area contributed by atoms with E-state index in [1.807, 2.05) is 6.08 Å². The fourth-order valence-corrected chi connectivity index (χ4v) is 2.11. The van der Waals surface area contributed by atoms with Crippen molar-refractivity contribution in [1.29, 1.82) is 0 Å². The molecule has 0 spiro atoms. The summed E-state index contributed by atoms with van der Waals surface area (Å²) < 4.78 is 0. The van der Waals surface area contributed by atoms with Crippen molar-refractivity contribution >= 4 is 5.78 Å². The minimum atomic E-state index is 0.226. The molecule has 0 heterocycles. The molecule has 2 aliphatic carbocycles. The van der Waals surface area contributed by atoms with Gasteiger partial charge in [0.1, 0.15) is 0 Å². The zero-order valence-corrected chi connectivity index (χ0v) is 7.89. The Labute approximate surface area is 73.8 Å². The third-order valence-corrected chi connectivity index (χ3v) is 2.78. The Kier molecular flexibility index (Phi) is 1.64. The molecule has 0 bridgehead atoms. The summed E-state index contributed by atoms with van der Waals surface area (Å²) in [7, 11) is 0. The van der Waals surface area contributed by atoms with Gasteiger partial charge in [-0.1, -0.05) is 19.4 Å². The van der Waals surface area contributed by atoms with Gasteiger partial charge in [-0.2, -0.15) is 0 Å². The number of rotatable bonds is 1. The normalized spacial score (nSPS) is 28.5. The Morgan fingerprint density at radius 3 is 2.50 bits per heavy atom. The van der Waals surface area contributed by atoms with Crippen LogP contribution in [0.25, 0.3) is 0 Å². The van der Waals surface area contributed by atoms with Crippen LogP contribution in [-0.2, 0) is 4.79 Å². The van der Waals surface area contributed by atoms with Gasteiger partial charge in [-0.3, -0.25) is 4.79 Å². The minimum absolute atomic E-state index is 0.226. The van der Waals surface area contributed by atoms with Crippen LogP contribution in [0.15, 0.2) is 11.6 Å². The molecule has 0 aromatic heterocycles. The van der Waals surface area contributed by atoms with E-state index in [1.54, 1.807) is 0 Å². The summed E-state index contributed by atoms with van der Waals surface area (Å²) in [5, 5.41) is 0. The molecule has 12 heavy (non-hydrogen) atoms. The first-order valence-corrected chi connectivity index (χ1v) is 4.80. The van der Waals surface area contributed by atoms with E-state index in [1.165, 1.54) is 18.4 Å². The van der Waals surface area contributed by atoms with Crippen molar-refractivity contribution in [3.8, 4) is 0 Å². The Morgan fingerprint density at radius 1 is 1.33 bits per heavy atom. The summed E-state index contributed by atoms with van der Waals surface area (Å²) in [5.41, 5.74) is 1.65. The van der Waals surface area contributed by atoms with E-state index in [0.717, 1.165) is 18.8 Å². The lowest BCUT2D eigenvalue weighted by molar-refractivity contribution is -0.117. The second kappa shape index (κ2) is 2.45. The molecule has 0 amide bonds. The largest absolute Gasteiger partial charge is 0.295 e. The molecule has 0 unspecified atom stereocenters. The zero-order chi connectivity index (χ0) is 8.77. The predicted molar refractivity (Wildman–Crippen MR) is 48.8 cm³/mol. The second-order valence-corrected chi connectivity index (χ2v) is 4.98. The SMILES string of the molecule is CC1(C)CC(=O)C=C(C2CC2)C1. The lowest BCUT2D eigenvalue weighted by Crippen LogP contribution is -2.22. The summed E-state index contributed by atoms with van der Waals surface area (Å²) in [5.74, 6) is 1.11. The van der Waals surface area contributed by atoms with Gasteiger partial charge in [-0.25, -0.2) is 0 Å². The van der Waals surface area contributed by atoms with Gasteiger partial charge < -0.3 is 0 Å². The molecule has 1 fully saturated rings. The molecular formula is C11H16O. The molecule has 2 rings (SSSR count). The fourth-order valence-electron chi connectivity index (χ4n) is 2.11. The minimum Gasteiger partial charge on any atom is -0.295 e. The lowest BCUT2D eigenvalue weighted by Gasteiger charge is -2.28. The number of ketones is 1. The number of carbonyl (C=O) groups is 1. The van der Waals surface area contributed by atoms with E-state index >= 15 is 0 Å². The number of carbonyl (C=O) groups excluding carboxylic acids is 1. The predicted octanol–water partition coefficient (Wildman–Crippen LogP) is 2.71. The third-order valence-electron chi connectivity index (χ3n) is 2.78. The van der Waals surface area contributed by atoms with Gasteiger partial charge in [0.25, 0.3) is 0 Å². The Hall–Kier alpha value is -0.590. The van der Waals surface area contributed by atoms with Gasteiger partial charge in [0.2, 0.25) is 0 Å². The highest BCUT2D eigenvalue weighted by atomic mass is 16.1. The average Bonchev–Trinajstić information content (AvgIpc) is 2.61. The van der Waals surface area contributed by atoms with Gasteiger partial charge >= 0.3 is 0 Å². The molecule has 1 nitrogen and oxygen atoms in total. The van der Waals surface area contributed by atoms with E-state index in [-0.39, 0.29) is 5.41 Å². The molecule has 1 heteroatoms. The van der Waals surface area contributed by atoms with Crippen LogP contribution in [0, 0.1) is 11.3 Å². The topological polar surface area (TPSA) is 17.1 Å². The van der Waals surface area contributed by atoms with Crippen LogP contribution in [0.5, 0.6) is 0 Å². The van der Waals surface area contributed by atoms with Crippen LogP contribution in [0.2, 0.25) is 0 Å². The number of hydrogen-bond acceptors (Lipinski definition) is 1. The smallest absolute Gasteiger partial charge is 0.156 e. The second-order valence-electron chi connectivity index (χ2n) is 4.98. The van der Waals surface area contributed by atoms with Crippen LogP contribution < -0.4 is 0 Å². The molecule has 0 N–H and O–H groups in total. The highest BCUT2D eigenvalue weighted by Gasteiger charge is 2.34. The van der Waals surface area contributed by atoms with Crippen LogP contribution in [0.4, 0.5) is 0 Å². The van der Waals surface area contributed by atoms with Crippen LogP contribution in [0.1, 0.15) is 39.5 Å². The van der Waals surface area contributed by atoms with Crippen molar-refractivity contribution in [1.82, 2.24) is 0 Å². The zero-order valence-electron chi connectivity index (χ0n) is 7.89. The lowest BCUT2D eigenvalue weighted by atomic mass is 9.76. The Balaban J connectivity index is 2.17. The molecule has 0 atom stereocenters. The maximum Gasteiger partial charge on any atom is 0.156 e. The van der Waals surface area contributed by atoms with Crippen molar-refractivity contribution in [3.63, 3.8) is 0 Å². The molecule has 1 saturated carbocycles. The fraction of sp³-hybridized carbons (Fsp3) is 0.727. The summed E-state index contributed by atoms with van der Waals surface area (Å²) in [6, 6.07) is 0. The molecule has 0 saturated heterocycles. The van der Waals surface area contributed by atoms with Crippen LogP contribution >= 0.6 is 0 Å². The van der Waals surface area contributed by atoms with Crippen molar-refractivity contribution < 1.29 is 4.79 Å². The quantitative estimate of drug-likeness (QED) is 0.582. The molecule has 66 valence electrons. The first kappa shape index (κ1) is 8.03. The maximum atomic E-state index is 11.3. The first-order chi connectivity index (χ1) is 5.57. The standard InChI is InChI=1S/C11H16O/c1-11(2)6-9(8-3-4-8)5-10(12)7-11/h5,8H,3-4,6-7H2,1-2H3. The Bertz CT molecular complexity index is 244. The Morgan fingerprint density at radius 2 is 2.00 bits per heavy atom. The van der Waals surface area contributed by atoms with Crippen LogP contribution in [0.3, 0.4) is 0 Å². The molecule has 0 aromatic rings. The van der Waals surface area contributed by atoms with E-state index in [4.69, 9.17) is 0 Å². The summed E-state index contributed by atoms with van der Waals surface area (Å²) in [4.78, 5) is 11.3. The van der Waals surface area contributed by atoms with E-state index in [2.05, 4.69) is 13.8 Å². The monoisotopic (exact) mass is 164 g/mol. The third kappa shape index (κ3) is 1.60. The first-order valence-electron chi connectivity index (χ1n) is 4.80. The van der Waals surface area contributed by atoms with Gasteiger partial charge in [-0.05, 0) is 36.7 Å². The molecule has 0 radical (unpaired) electrons. The maximum absolute atomic E-state index is 11.3. The van der Waals surface area contributed by atoms with Gasteiger partial charge in [-0.15, -0.1) is 0 Å². The van der Waals surface area contributed by atoms with E-state index in [0.29, 0.717) is 5.78 Å². The van der Waals surface area contributed by atoms with Crippen molar-refractivity contribution in [2.24, 2.45) is 11.3 Å². The summed E-state index contributed by atoms with van der Waals surface area (Å²) in [6.07, 6.45) is 6.42. The highest BCUT2D eigenvalue weighted by molar-refractivity contribution is 5.92. The molecule has 0 aromatic carbocycles. The van der Waals surface area contributed by atoms with Gasteiger partial charge in [0, 0.05) is 6.42 Å². The molecular weight excluding hydrogens is 148 g/mol. The number of allylic oxidation sites excluding steroid dienone is 2. The van der Waals surface area contributed by atoms with Crippen molar-refractivity contribution in [2.75, 3.05) is 0 Å². The van der Waals surface area contributed by atoms with Gasteiger partial charge in [0.05, 0.1) is 0 Å². The average molecular weight is 164 g/mol. The van der Waals surface area contributed by atoms with Crippen LogP contribution in [-0.4, -0.2) is 5.78 Å². The number of hydrogen-bond donors (Lipinski definition) is 0. The van der Waals surface area contributed by atoms with Crippen molar-refractivity contribution in [3.05, 3.63) is 11.6 Å². The van der Waals surface area contributed by atoms with E-state index < -0.39 is 0 Å². The van der Waals surface area contributed by atoms with Crippen molar-refractivity contribution in [2.45, 2.75) is 39.5 Å². The molecule has 2 aliphatic rings. The summed E-state index contributed by atoms with van der Waals surface area (Å²) >= 11 is 0. The summed E-state index contributed by atoms with van der Waals surface area (Å²) in [6.45, 7) is 4.39. The van der Waals surface area contributed by atoms with Gasteiger partial charge in [0.15, 0.2) is 5.78 Å². The molecule has 0 aliphatic heterocycles.